The third-order valence-corrected chi connectivity index (χ3v) is 2.38. The van der Waals surface area contributed by atoms with Gasteiger partial charge in [0.05, 0.1) is 6.61 Å². The summed E-state index contributed by atoms with van der Waals surface area (Å²) < 4.78 is 10.1. The molecule has 0 aliphatic carbocycles. The zero-order valence-electron chi connectivity index (χ0n) is 9.12. The van der Waals surface area contributed by atoms with Gasteiger partial charge in [-0.15, -0.1) is 0 Å². The van der Waals surface area contributed by atoms with Crippen molar-refractivity contribution in [1.82, 2.24) is 5.32 Å². The molecule has 1 saturated heterocycles. The van der Waals surface area contributed by atoms with Crippen LogP contribution in [-0.4, -0.2) is 37.7 Å². The molecule has 1 aliphatic heterocycles. The smallest absolute Gasteiger partial charge is 0.302 e. The van der Waals surface area contributed by atoms with Crippen LogP contribution in [0.4, 0.5) is 0 Å². The zero-order valence-corrected chi connectivity index (χ0v) is 9.12. The van der Waals surface area contributed by atoms with Crippen molar-refractivity contribution in [2.75, 3.05) is 19.7 Å². The first kappa shape index (κ1) is 12.0. The van der Waals surface area contributed by atoms with Crippen LogP contribution >= 0.6 is 0 Å². The summed E-state index contributed by atoms with van der Waals surface area (Å²) in [6.45, 7) is 4.59. The van der Waals surface area contributed by atoms with Crippen molar-refractivity contribution in [3.05, 3.63) is 0 Å². The van der Waals surface area contributed by atoms with Gasteiger partial charge >= 0.3 is 11.9 Å². The SMILES string of the molecule is CC(=O)OCC1CCNCC1OC(C)=O. The Kier molecular flexibility index (Phi) is 4.55. The molecule has 0 saturated carbocycles. The molecule has 86 valence electrons. The van der Waals surface area contributed by atoms with Crippen LogP contribution < -0.4 is 5.32 Å². The Bertz CT molecular complexity index is 242. The highest BCUT2D eigenvalue weighted by Crippen LogP contribution is 2.16. The van der Waals surface area contributed by atoms with Gasteiger partial charge in [0.2, 0.25) is 0 Å². The number of nitrogens with one attached hydrogen (secondary N) is 1. The summed E-state index contributed by atoms with van der Waals surface area (Å²) in [5, 5.41) is 3.14. The lowest BCUT2D eigenvalue weighted by Gasteiger charge is -2.30. The van der Waals surface area contributed by atoms with Gasteiger partial charge in [0.25, 0.3) is 0 Å². The van der Waals surface area contributed by atoms with Gasteiger partial charge in [-0.05, 0) is 13.0 Å². The quantitative estimate of drug-likeness (QED) is 0.676. The summed E-state index contributed by atoms with van der Waals surface area (Å²) in [6.07, 6.45) is 0.668. The molecule has 0 spiro atoms. The molecule has 1 N–H and O–H groups in total. The second-order valence-corrected chi connectivity index (χ2v) is 3.70. The predicted octanol–water partition coefficient (Wildman–Crippen LogP) is 0.0907. The zero-order chi connectivity index (χ0) is 11.3. The summed E-state index contributed by atoms with van der Waals surface area (Å²) in [7, 11) is 0. The normalized spacial score (nSPS) is 25.7. The fourth-order valence-electron chi connectivity index (χ4n) is 1.65. The van der Waals surface area contributed by atoms with Crippen LogP contribution in [0.2, 0.25) is 0 Å². The average Bonchev–Trinajstić information content (AvgIpc) is 2.15. The van der Waals surface area contributed by atoms with E-state index in [1.54, 1.807) is 0 Å². The largest absolute Gasteiger partial charge is 0.465 e. The minimum absolute atomic E-state index is 0.110. The Labute approximate surface area is 89.1 Å². The first-order chi connectivity index (χ1) is 7.09. The molecule has 1 heterocycles. The number of rotatable bonds is 3. The van der Waals surface area contributed by atoms with E-state index in [1.165, 1.54) is 13.8 Å². The van der Waals surface area contributed by atoms with E-state index in [9.17, 15) is 9.59 Å². The Morgan fingerprint density at radius 1 is 1.33 bits per heavy atom. The van der Waals surface area contributed by atoms with Crippen LogP contribution in [0, 0.1) is 5.92 Å². The molecular formula is C10H17NO4. The Morgan fingerprint density at radius 3 is 2.67 bits per heavy atom. The van der Waals surface area contributed by atoms with Crippen molar-refractivity contribution in [2.45, 2.75) is 26.4 Å². The maximum absolute atomic E-state index is 10.8. The highest BCUT2D eigenvalue weighted by atomic mass is 16.6. The third-order valence-electron chi connectivity index (χ3n) is 2.38. The predicted molar refractivity (Wildman–Crippen MR) is 53.2 cm³/mol. The van der Waals surface area contributed by atoms with E-state index in [2.05, 4.69) is 5.32 Å². The molecule has 0 aromatic heterocycles. The monoisotopic (exact) mass is 215 g/mol. The van der Waals surface area contributed by atoms with E-state index >= 15 is 0 Å². The van der Waals surface area contributed by atoms with Gasteiger partial charge in [-0.1, -0.05) is 0 Å². The lowest BCUT2D eigenvalue weighted by atomic mass is 9.96. The second kappa shape index (κ2) is 5.70. The van der Waals surface area contributed by atoms with Crippen LogP contribution in [0.25, 0.3) is 0 Å². The van der Waals surface area contributed by atoms with Gasteiger partial charge in [0.15, 0.2) is 0 Å². The van der Waals surface area contributed by atoms with Crippen molar-refractivity contribution >= 4 is 11.9 Å². The van der Waals surface area contributed by atoms with E-state index in [0.29, 0.717) is 13.2 Å². The van der Waals surface area contributed by atoms with E-state index in [1.807, 2.05) is 0 Å². The van der Waals surface area contributed by atoms with Crippen molar-refractivity contribution in [2.24, 2.45) is 5.92 Å². The molecule has 1 fully saturated rings. The summed E-state index contributed by atoms with van der Waals surface area (Å²) >= 11 is 0. The molecule has 2 atom stereocenters. The number of carbonyl (C=O) groups is 2. The first-order valence-electron chi connectivity index (χ1n) is 5.11. The molecule has 15 heavy (non-hydrogen) atoms. The number of hydrogen-bond donors (Lipinski definition) is 1. The first-order valence-corrected chi connectivity index (χ1v) is 5.11. The Balaban J connectivity index is 2.42. The molecular weight excluding hydrogens is 198 g/mol. The molecule has 0 aromatic carbocycles. The van der Waals surface area contributed by atoms with Crippen LogP contribution in [0.5, 0.6) is 0 Å². The third kappa shape index (κ3) is 4.29. The van der Waals surface area contributed by atoms with Crippen molar-refractivity contribution in [1.29, 1.82) is 0 Å². The van der Waals surface area contributed by atoms with Crippen LogP contribution in [0.15, 0.2) is 0 Å². The maximum Gasteiger partial charge on any atom is 0.302 e. The molecule has 5 heteroatoms. The van der Waals surface area contributed by atoms with Crippen LogP contribution in [-0.2, 0) is 19.1 Å². The second-order valence-electron chi connectivity index (χ2n) is 3.70. The average molecular weight is 215 g/mol. The van der Waals surface area contributed by atoms with Gasteiger partial charge in [0, 0.05) is 26.3 Å². The van der Waals surface area contributed by atoms with Crippen LogP contribution in [0.1, 0.15) is 20.3 Å². The number of piperidine rings is 1. The Hall–Kier alpha value is -1.10. The van der Waals surface area contributed by atoms with Gasteiger partial charge in [-0.3, -0.25) is 9.59 Å². The molecule has 2 unspecified atom stereocenters. The Morgan fingerprint density at radius 2 is 2.07 bits per heavy atom. The van der Waals surface area contributed by atoms with Gasteiger partial charge in [-0.25, -0.2) is 0 Å². The number of esters is 2. The minimum Gasteiger partial charge on any atom is -0.465 e. The fourth-order valence-corrected chi connectivity index (χ4v) is 1.65. The lowest BCUT2D eigenvalue weighted by Crippen LogP contribution is -2.44. The van der Waals surface area contributed by atoms with Crippen molar-refractivity contribution < 1.29 is 19.1 Å². The molecule has 0 amide bonds. The van der Waals surface area contributed by atoms with E-state index in [0.717, 1.165) is 13.0 Å². The molecule has 0 bridgehead atoms. The topological polar surface area (TPSA) is 64.6 Å². The van der Waals surface area contributed by atoms with Gasteiger partial charge in [-0.2, -0.15) is 0 Å². The molecule has 0 aromatic rings. The lowest BCUT2D eigenvalue weighted by molar-refractivity contribution is -0.153. The van der Waals surface area contributed by atoms with Crippen LogP contribution in [0.3, 0.4) is 0 Å². The van der Waals surface area contributed by atoms with E-state index < -0.39 is 0 Å². The molecule has 1 aliphatic rings. The van der Waals surface area contributed by atoms with E-state index in [-0.39, 0.29) is 24.0 Å². The maximum atomic E-state index is 10.8. The molecule has 5 nitrogen and oxygen atoms in total. The van der Waals surface area contributed by atoms with E-state index in [4.69, 9.17) is 9.47 Å². The minimum atomic E-state index is -0.296. The van der Waals surface area contributed by atoms with Gasteiger partial charge < -0.3 is 14.8 Å². The number of carbonyl (C=O) groups excluding carboxylic acids is 2. The van der Waals surface area contributed by atoms with Crippen molar-refractivity contribution in [3.63, 3.8) is 0 Å². The number of hydrogen-bond acceptors (Lipinski definition) is 5. The molecule has 0 radical (unpaired) electrons. The standard InChI is InChI=1S/C10H17NO4/c1-7(12)14-6-9-3-4-11-5-10(9)15-8(2)13/h9-11H,3-6H2,1-2H3. The van der Waals surface area contributed by atoms with Crippen molar-refractivity contribution in [3.8, 4) is 0 Å². The van der Waals surface area contributed by atoms with Gasteiger partial charge in [0.1, 0.15) is 6.10 Å². The highest BCUT2D eigenvalue weighted by molar-refractivity contribution is 5.66. The fraction of sp³-hybridized carbons (Fsp3) is 0.800. The summed E-state index contributed by atoms with van der Waals surface area (Å²) in [4.78, 5) is 21.5. The summed E-state index contributed by atoms with van der Waals surface area (Å²) in [5.74, 6) is -0.481. The highest BCUT2D eigenvalue weighted by Gasteiger charge is 2.28. The number of ether oxygens (including phenoxy) is 2. The molecule has 1 rings (SSSR count). The summed E-state index contributed by atoms with van der Waals surface area (Å²) in [5.41, 5.74) is 0. The summed E-state index contributed by atoms with van der Waals surface area (Å²) in [6, 6.07) is 0.